The zero-order valence-corrected chi connectivity index (χ0v) is 18.9. The van der Waals surface area contributed by atoms with Crippen LogP contribution < -0.4 is 10.2 Å². The van der Waals surface area contributed by atoms with Gasteiger partial charge in [0, 0.05) is 71.2 Å². The largest absolute Gasteiger partial charge is 0.480 e. The number of carboxylic acid groups (broad SMARTS) is 1. The number of halogens is 1. The summed E-state index contributed by atoms with van der Waals surface area (Å²) in [5.41, 5.74) is 3.24. The van der Waals surface area contributed by atoms with Gasteiger partial charge in [-0.25, -0.2) is 0 Å². The molecule has 0 aliphatic carbocycles. The molecule has 0 unspecified atom stereocenters. The predicted molar refractivity (Wildman–Crippen MR) is 127 cm³/mol. The Morgan fingerprint density at radius 1 is 1.09 bits per heavy atom. The maximum Gasteiger partial charge on any atom is 0.325 e. The van der Waals surface area contributed by atoms with Gasteiger partial charge >= 0.3 is 5.97 Å². The summed E-state index contributed by atoms with van der Waals surface area (Å²) in [5, 5.41) is 14.5. The van der Waals surface area contributed by atoms with E-state index in [4.69, 9.17) is 11.6 Å². The molecule has 2 aromatic carbocycles. The molecule has 1 aliphatic rings. The summed E-state index contributed by atoms with van der Waals surface area (Å²) in [7, 11) is 0. The van der Waals surface area contributed by atoms with Gasteiger partial charge in [0.1, 0.15) is 6.04 Å². The first kappa shape index (κ1) is 22.2. The molecule has 1 aliphatic heterocycles. The summed E-state index contributed by atoms with van der Waals surface area (Å²) in [6.45, 7) is 6.31. The van der Waals surface area contributed by atoms with E-state index in [0.717, 1.165) is 16.6 Å². The molecule has 32 heavy (non-hydrogen) atoms. The number of carbonyl (C=O) groups excluding carboxylic acids is 1. The molecule has 1 aromatic heterocycles. The molecule has 2 heterocycles. The first-order chi connectivity index (χ1) is 15.3. The number of aliphatic carboxylic acids is 1. The number of aromatic amines is 1. The van der Waals surface area contributed by atoms with Crippen molar-refractivity contribution >= 4 is 45.8 Å². The number of nitrogens with one attached hydrogen (secondary N) is 2. The lowest BCUT2D eigenvalue weighted by atomic mass is 10.0. The highest BCUT2D eigenvalue weighted by molar-refractivity contribution is 6.30. The van der Waals surface area contributed by atoms with Gasteiger partial charge in [0.05, 0.1) is 0 Å². The second-order valence-corrected chi connectivity index (χ2v) is 8.83. The summed E-state index contributed by atoms with van der Waals surface area (Å²) >= 11 is 6.12. The highest BCUT2D eigenvalue weighted by Gasteiger charge is 2.32. The monoisotopic (exact) mass is 454 g/mol. The fourth-order valence-corrected chi connectivity index (χ4v) is 4.31. The van der Waals surface area contributed by atoms with Crippen molar-refractivity contribution < 1.29 is 14.7 Å². The molecule has 1 amide bonds. The normalized spacial score (nSPS) is 15.8. The molecule has 1 atom stereocenters. The summed E-state index contributed by atoms with van der Waals surface area (Å²) in [5.74, 6) is -1.11. The van der Waals surface area contributed by atoms with Crippen LogP contribution in [0.1, 0.15) is 25.5 Å². The van der Waals surface area contributed by atoms with Crippen LogP contribution in [-0.4, -0.2) is 53.0 Å². The van der Waals surface area contributed by atoms with Crippen molar-refractivity contribution in [1.29, 1.82) is 0 Å². The Morgan fingerprint density at radius 3 is 2.50 bits per heavy atom. The summed E-state index contributed by atoms with van der Waals surface area (Å²) < 4.78 is 0. The minimum atomic E-state index is -0.890. The molecular formula is C24H27ClN4O3. The predicted octanol–water partition coefficient (Wildman–Crippen LogP) is 4.36. The second-order valence-electron chi connectivity index (χ2n) is 8.39. The second kappa shape index (κ2) is 9.22. The van der Waals surface area contributed by atoms with Gasteiger partial charge in [-0.15, -0.1) is 0 Å². The lowest BCUT2D eigenvalue weighted by Crippen LogP contribution is -2.49. The maximum atomic E-state index is 12.3. The lowest BCUT2D eigenvalue weighted by Gasteiger charge is -2.38. The number of amides is 1. The average Bonchev–Trinajstić information content (AvgIpc) is 3.17. The quantitative estimate of drug-likeness (QED) is 0.515. The molecule has 3 aromatic rings. The minimum Gasteiger partial charge on any atom is -0.480 e. The number of benzene rings is 2. The van der Waals surface area contributed by atoms with Gasteiger partial charge in [0.25, 0.3) is 0 Å². The van der Waals surface area contributed by atoms with Gasteiger partial charge in [-0.3, -0.25) is 14.5 Å². The summed E-state index contributed by atoms with van der Waals surface area (Å²) in [6.07, 6.45) is 1.76. The van der Waals surface area contributed by atoms with Gasteiger partial charge in [-0.05, 0) is 36.4 Å². The number of hydrogen-bond donors (Lipinski definition) is 3. The number of hydrogen-bond acceptors (Lipinski definition) is 4. The van der Waals surface area contributed by atoms with Gasteiger partial charge in [-0.1, -0.05) is 31.5 Å². The van der Waals surface area contributed by atoms with Crippen molar-refractivity contribution in [1.82, 2.24) is 9.88 Å². The molecule has 0 bridgehead atoms. The molecule has 7 nitrogen and oxygen atoms in total. The van der Waals surface area contributed by atoms with E-state index in [1.54, 1.807) is 6.20 Å². The standard InChI is InChI=1S/C24H27ClN4O3/c1-15(2)23(30)27-17-6-7-21-19(13-17)20(14-26-21)22(24(31)32)29-10-8-28(9-11-29)18-5-3-4-16(25)12-18/h3-7,12-15,22,26H,8-11H2,1-2H3,(H,27,30)(H,31,32)/t22-/m1/s1. The Morgan fingerprint density at radius 2 is 1.84 bits per heavy atom. The van der Waals surface area contributed by atoms with Crippen molar-refractivity contribution in [2.24, 2.45) is 5.92 Å². The Labute approximate surface area is 192 Å². The van der Waals surface area contributed by atoms with E-state index in [0.29, 0.717) is 42.5 Å². The number of piperazine rings is 1. The van der Waals surface area contributed by atoms with Crippen molar-refractivity contribution in [3.05, 3.63) is 59.2 Å². The van der Waals surface area contributed by atoms with Crippen molar-refractivity contribution in [2.75, 3.05) is 36.4 Å². The summed E-state index contributed by atoms with van der Waals surface area (Å²) in [4.78, 5) is 31.8. The highest BCUT2D eigenvalue weighted by Crippen LogP contribution is 2.32. The fraction of sp³-hybridized carbons (Fsp3) is 0.333. The van der Waals surface area contributed by atoms with Crippen molar-refractivity contribution in [3.63, 3.8) is 0 Å². The third kappa shape index (κ3) is 4.59. The lowest BCUT2D eigenvalue weighted by molar-refractivity contribution is -0.143. The van der Waals surface area contributed by atoms with Crippen LogP contribution in [-0.2, 0) is 9.59 Å². The Hall–Kier alpha value is -3.03. The van der Waals surface area contributed by atoms with Gasteiger partial charge in [0.15, 0.2) is 0 Å². The fourth-order valence-electron chi connectivity index (χ4n) is 4.13. The van der Waals surface area contributed by atoms with Gasteiger partial charge in [0.2, 0.25) is 5.91 Å². The highest BCUT2D eigenvalue weighted by atomic mass is 35.5. The van der Waals surface area contributed by atoms with E-state index in [2.05, 4.69) is 15.2 Å². The Balaban J connectivity index is 1.56. The van der Waals surface area contributed by atoms with Crippen LogP contribution in [0.4, 0.5) is 11.4 Å². The van der Waals surface area contributed by atoms with E-state index in [-0.39, 0.29) is 11.8 Å². The van der Waals surface area contributed by atoms with Crippen LogP contribution in [0, 0.1) is 5.92 Å². The topological polar surface area (TPSA) is 88.7 Å². The Kier molecular flexibility index (Phi) is 6.39. The zero-order valence-electron chi connectivity index (χ0n) is 18.1. The Bertz CT molecular complexity index is 1140. The molecule has 0 spiro atoms. The van der Waals surface area contributed by atoms with Crippen LogP contribution in [0.3, 0.4) is 0 Å². The minimum absolute atomic E-state index is 0.0756. The van der Waals surface area contributed by atoms with E-state index >= 15 is 0 Å². The number of H-pyrrole nitrogens is 1. The smallest absolute Gasteiger partial charge is 0.325 e. The third-order valence-electron chi connectivity index (χ3n) is 5.89. The number of anilines is 2. The number of carbonyl (C=O) groups is 2. The summed E-state index contributed by atoms with van der Waals surface area (Å²) in [6, 6.07) is 12.5. The number of aromatic nitrogens is 1. The van der Waals surface area contributed by atoms with E-state index in [1.807, 2.05) is 61.2 Å². The third-order valence-corrected chi connectivity index (χ3v) is 6.12. The molecule has 8 heteroatoms. The van der Waals surface area contributed by atoms with E-state index < -0.39 is 12.0 Å². The number of nitrogens with zero attached hydrogens (tertiary/aromatic N) is 2. The molecule has 1 fully saturated rings. The van der Waals surface area contributed by atoms with E-state index in [1.165, 1.54) is 0 Å². The number of carboxylic acids is 1. The molecule has 3 N–H and O–H groups in total. The van der Waals surface area contributed by atoms with Crippen LogP contribution in [0.2, 0.25) is 5.02 Å². The first-order valence-electron chi connectivity index (χ1n) is 10.7. The van der Waals surface area contributed by atoms with Crippen LogP contribution in [0.25, 0.3) is 10.9 Å². The number of rotatable bonds is 6. The molecule has 1 saturated heterocycles. The van der Waals surface area contributed by atoms with Crippen LogP contribution in [0.5, 0.6) is 0 Å². The van der Waals surface area contributed by atoms with Crippen LogP contribution >= 0.6 is 11.6 Å². The molecule has 4 rings (SSSR count). The van der Waals surface area contributed by atoms with Gasteiger partial charge < -0.3 is 20.3 Å². The van der Waals surface area contributed by atoms with Crippen LogP contribution in [0.15, 0.2) is 48.7 Å². The number of fused-ring (bicyclic) bond motifs is 1. The van der Waals surface area contributed by atoms with Gasteiger partial charge in [-0.2, -0.15) is 0 Å². The maximum absolute atomic E-state index is 12.3. The van der Waals surface area contributed by atoms with Crippen molar-refractivity contribution in [3.8, 4) is 0 Å². The molecule has 0 radical (unpaired) electrons. The average molecular weight is 455 g/mol. The molecule has 0 saturated carbocycles. The molecular weight excluding hydrogens is 428 g/mol. The molecule has 168 valence electrons. The SMILES string of the molecule is CC(C)C(=O)Nc1ccc2[nH]cc([C@H](C(=O)O)N3CCN(c4cccc(Cl)c4)CC3)c2c1. The zero-order chi connectivity index (χ0) is 22.8. The first-order valence-corrected chi connectivity index (χ1v) is 11.1. The van der Waals surface area contributed by atoms with E-state index in [9.17, 15) is 14.7 Å². The van der Waals surface area contributed by atoms with Crippen molar-refractivity contribution in [2.45, 2.75) is 19.9 Å².